The van der Waals surface area contributed by atoms with E-state index in [0.29, 0.717) is 45.6 Å². The van der Waals surface area contributed by atoms with E-state index in [1.807, 2.05) is 84.0 Å². The summed E-state index contributed by atoms with van der Waals surface area (Å²) in [6.45, 7) is 15.2. The second-order valence-electron chi connectivity index (χ2n) is 18.9. The molecule has 0 unspecified atom stereocenters. The van der Waals surface area contributed by atoms with Crippen LogP contribution in [0.4, 0.5) is 17.3 Å². The van der Waals surface area contributed by atoms with Crippen LogP contribution in [0.15, 0.2) is 150 Å². The summed E-state index contributed by atoms with van der Waals surface area (Å²) in [5.74, 6) is 2.54. The van der Waals surface area contributed by atoms with Crippen LogP contribution in [0.5, 0.6) is 23.0 Å². The number of halogens is 7. The Bertz CT molecular complexity index is 4090. The molecule has 4 aromatic heterocycles. The number of aliphatic hydroxyl groups excluding tert-OH is 1. The van der Waals surface area contributed by atoms with Crippen LogP contribution in [-0.4, -0.2) is 91.3 Å². The number of fused-ring (bicyclic) bond motifs is 4. The van der Waals surface area contributed by atoms with Gasteiger partial charge in [0.2, 0.25) is 41.8 Å². The summed E-state index contributed by atoms with van der Waals surface area (Å²) in [4.78, 5) is 32.9. The molecule has 0 bridgehead atoms. The summed E-state index contributed by atoms with van der Waals surface area (Å²) in [5.41, 5.74) is 9.09. The van der Waals surface area contributed by atoms with Gasteiger partial charge in [0.15, 0.2) is 0 Å². The molecule has 4 heterocycles. The molecule has 86 heavy (non-hydrogen) atoms. The molecule has 0 saturated carbocycles. The molecule has 0 atom stereocenters. The first-order valence-corrected chi connectivity index (χ1v) is 32.6. The fourth-order valence-corrected chi connectivity index (χ4v) is 10.1. The zero-order valence-corrected chi connectivity index (χ0v) is 57.1. The quantitative estimate of drug-likeness (QED) is 0.0547. The number of aromatic nitrogens is 8. The van der Waals surface area contributed by atoms with Crippen LogP contribution in [0.25, 0.3) is 43.6 Å². The van der Waals surface area contributed by atoms with Crippen molar-refractivity contribution in [3.63, 3.8) is 0 Å². The Morgan fingerprint density at radius 3 is 1.13 bits per heavy atom. The number of benzene rings is 6. The van der Waals surface area contributed by atoms with Crippen molar-refractivity contribution in [2.24, 2.45) is 10.3 Å². The van der Waals surface area contributed by atoms with E-state index in [1.54, 1.807) is 56.8 Å². The van der Waals surface area contributed by atoms with Gasteiger partial charge >= 0.3 is 0 Å². The van der Waals surface area contributed by atoms with E-state index in [0.717, 1.165) is 50.5 Å². The van der Waals surface area contributed by atoms with E-state index in [4.69, 9.17) is 70.1 Å². The number of hydrogen-bond acceptors (Lipinski definition) is 19. The Labute approximate surface area is 545 Å². The molecule has 0 amide bonds. The predicted octanol–water partition coefficient (Wildman–Crippen LogP) is 14.3. The lowest BCUT2D eigenvalue weighted by Crippen LogP contribution is -2.11. The fraction of sp³-hybridized carbons (Fsp3) is 0.214. The van der Waals surface area contributed by atoms with Crippen molar-refractivity contribution >= 4 is 180 Å². The lowest BCUT2D eigenvalue weighted by atomic mass is 10.2. The molecule has 0 saturated heterocycles. The molecular weight excluding hydrogens is 1470 g/mol. The summed E-state index contributed by atoms with van der Waals surface area (Å²) in [7, 11) is -7.30. The van der Waals surface area contributed by atoms with Gasteiger partial charge in [0.1, 0.15) is 45.1 Å². The smallest absolute Gasteiger partial charge is 0.238 e. The molecule has 0 aliphatic heterocycles. The maximum Gasteiger partial charge on any atom is 0.238 e. The highest BCUT2D eigenvalue weighted by molar-refractivity contribution is 9.11. The Hall–Kier alpha value is -5.95. The average Bonchev–Trinajstić information content (AvgIpc) is 1.50. The van der Waals surface area contributed by atoms with Crippen molar-refractivity contribution in [3.05, 3.63) is 156 Å². The average molecular weight is 1530 g/mol. The van der Waals surface area contributed by atoms with E-state index >= 15 is 0 Å². The van der Waals surface area contributed by atoms with Crippen molar-refractivity contribution in [2.45, 2.75) is 89.6 Å². The number of nitrogens with zero attached hydrogens (tertiary/aromatic N) is 8. The number of nitrogens with one attached hydrogen (secondary N) is 1. The number of aliphatic hydroxyl groups is 1. The van der Waals surface area contributed by atoms with Crippen molar-refractivity contribution in [3.8, 4) is 23.0 Å². The Kier molecular flexibility index (Phi) is 26.6. The third kappa shape index (κ3) is 23.0. The molecule has 30 heteroatoms. The highest BCUT2D eigenvalue weighted by atomic mass is 79.9. The van der Waals surface area contributed by atoms with Crippen molar-refractivity contribution < 1.29 is 41.3 Å². The SMILES string of the molecule is CC(C)O.CC(C)Oc1cc(Br)cc2cnc(Cl)nc12.CC(C)Oc1cc(Br)cc2cnc(Cl)nc12.CC(C)Oc1cc(Br)cc2cnc(Nc3ccc(S(N)(=O)=O)cc3)nc12.Nc1ccc(S(N)(=O)=O)cc1.Oc1cc(Br)cc2cnc(Cl)nc12. The van der Waals surface area contributed by atoms with E-state index < -0.39 is 20.0 Å². The number of phenolic OH excluding ortho intramolecular Hbond substituents is 1. The van der Waals surface area contributed by atoms with E-state index in [1.165, 1.54) is 36.4 Å². The number of rotatable bonds is 10. The minimum atomic E-state index is -3.72. The van der Waals surface area contributed by atoms with Crippen molar-refractivity contribution in [1.29, 1.82) is 0 Å². The van der Waals surface area contributed by atoms with Gasteiger partial charge < -0.3 is 35.5 Å². The third-order valence-electron chi connectivity index (χ3n) is 10.1. The molecule has 6 aromatic carbocycles. The van der Waals surface area contributed by atoms with Gasteiger partial charge in [-0.05, 0) is 187 Å². The predicted molar refractivity (Wildman–Crippen MR) is 354 cm³/mol. The highest BCUT2D eigenvalue weighted by Gasteiger charge is 2.14. The van der Waals surface area contributed by atoms with Gasteiger partial charge in [-0.2, -0.15) is 0 Å². The molecule has 0 radical (unpaired) electrons. The highest BCUT2D eigenvalue weighted by Crippen LogP contribution is 2.33. The van der Waals surface area contributed by atoms with Crippen molar-refractivity contribution in [2.75, 3.05) is 11.1 Å². The van der Waals surface area contributed by atoms with Crippen LogP contribution in [0.3, 0.4) is 0 Å². The minimum absolute atomic E-state index is 0.00429. The first-order valence-electron chi connectivity index (χ1n) is 25.2. The van der Waals surface area contributed by atoms with Gasteiger partial charge in [0, 0.05) is 81.7 Å². The molecule has 456 valence electrons. The number of primary sulfonamides is 2. The first kappa shape index (κ1) is 70.8. The number of sulfonamides is 2. The number of nitrogen functional groups attached to an aromatic ring is 1. The molecule has 10 rings (SSSR count). The molecule has 0 spiro atoms. The molecule has 0 aliphatic carbocycles. The van der Waals surface area contributed by atoms with Gasteiger partial charge in [-0.3, -0.25) is 0 Å². The summed E-state index contributed by atoms with van der Waals surface area (Å²) in [6.07, 6.45) is 6.64. The molecule has 9 N–H and O–H groups in total. The number of aromatic hydroxyl groups is 1. The van der Waals surface area contributed by atoms with Crippen molar-refractivity contribution in [1.82, 2.24) is 39.9 Å². The summed E-state index contributed by atoms with van der Waals surface area (Å²) < 4.78 is 64.7. The summed E-state index contributed by atoms with van der Waals surface area (Å²) >= 11 is 30.7. The van der Waals surface area contributed by atoms with E-state index in [9.17, 15) is 21.9 Å². The van der Waals surface area contributed by atoms with Gasteiger partial charge in [0.05, 0.1) is 28.1 Å². The number of anilines is 3. The summed E-state index contributed by atoms with van der Waals surface area (Å²) in [5, 5.41) is 34.5. The maximum atomic E-state index is 11.3. The topological polar surface area (TPSA) is 330 Å². The monoisotopic (exact) mass is 1530 g/mol. The van der Waals surface area contributed by atoms with E-state index in [-0.39, 0.29) is 55.8 Å². The molecule has 0 aliphatic rings. The van der Waals surface area contributed by atoms with Crippen LogP contribution in [0.2, 0.25) is 15.9 Å². The Morgan fingerprint density at radius 1 is 0.477 bits per heavy atom. The van der Waals surface area contributed by atoms with Gasteiger partial charge in [-0.15, -0.1) is 0 Å². The molecular formula is C56H57Br4Cl3N12O9S2. The van der Waals surface area contributed by atoms with Crippen LogP contribution < -0.4 is 35.5 Å². The normalized spacial score (nSPS) is 11.1. The lowest BCUT2D eigenvalue weighted by Gasteiger charge is -2.13. The standard InChI is InChI=1S/C17H17BrN4O3S.2C11H10BrClN2O.C8H4BrClN2O.C6H8N2O2S.C3H8O/c1-10(2)25-15-8-12(18)7-11-9-20-17(22-16(11)15)21-13-3-5-14(6-4-13)26(19,23)24;2*1-6(2)16-9-4-8(12)3-7-5-14-11(13)15-10(7)9;9-5-1-4-3-11-8(10)12-7(4)6(13)2-5;7-5-1-3-6(4-2-5)11(8,9)10;1-3(2)4/h3-10H,1-2H3,(H2,19,23,24)(H,20,21,22);2*3-6H,1-2H3;1-3,13H;1-4H,7H2,(H2,8,9,10);3-4H,1-2H3. The second-order valence-corrected chi connectivity index (χ2v) is 26.7. The third-order valence-corrected chi connectivity index (χ3v) is 14.3. The number of nitrogens with two attached hydrogens (primary N) is 3. The second kappa shape index (κ2) is 32.3. The van der Waals surface area contributed by atoms with Gasteiger partial charge in [0.25, 0.3) is 0 Å². The van der Waals surface area contributed by atoms with Crippen LogP contribution in [0.1, 0.15) is 55.4 Å². The molecule has 0 fully saturated rings. The zero-order valence-electron chi connectivity index (χ0n) is 46.9. The minimum Gasteiger partial charge on any atom is -0.506 e. The maximum absolute atomic E-state index is 11.3. The van der Waals surface area contributed by atoms with Gasteiger partial charge in [-0.25, -0.2) is 67.0 Å². The summed E-state index contributed by atoms with van der Waals surface area (Å²) in [6, 6.07) is 26.5. The number of hydrogen-bond donors (Lipinski definition) is 6. The van der Waals surface area contributed by atoms with Gasteiger partial charge in [-0.1, -0.05) is 63.7 Å². The van der Waals surface area contributed by atoms with Crippen LogP contribution >= 0.6 is 98.5 Å². The molecule has 21 nitrogen and oxygen atoms in total. The fourth-order valence-electron chi connectivity index (χ4n) is 6.87. The largest absolute Gasteiger partial charge is 0.506 e. The number of ether oxygens (including phenoxy) is 3. The Morgan fingerprint density at radius 2 is 0.779 bits per heavy atom. The zero-order chi connectivity index (χ0) is 63.8. The van der Waals surface area contributed by atoms with E-state index in [2.05, 4.69) is 109 Å². The Balaban J connectivity index is 0.000000199. The van der Waals surface area contributed by atoms with Crippen LogP contribution in [0, 0.1) is 0 Å². The lowest BCUT2D eigenvalue weighted by molar-refractivity contribution is 0.216. The van der Waals surface area contributed by atoms with Crippen LogP contribution in [-0.2, 0) is 20.0 Å². The number of phenols is 1. The first-order chi connectivity index (χ1) is 40.2. The molecule has 10 aromatic rings.